The molecule has 0 aliphatic heterocycles. The van der Waals surface area contributed by atoms with Crippen molar-refractivity contribution in [2.24, 2.45) is 5.92 Å². The fourth-order valence-corrected chi connectivity index (χ4v) is 2.42. The van der Waals surface area contributed by atoms with Gasteiger partial charge in [-0.05, 0) is 46.5 Å². The monoisotopic (exact) mass is 462 g/mol. The Labute approximate surface area is 189 Å². The largest absolute Gasteiger partial charge is 0.481 e. The van der Waals surface area contributed by atoms with Gasteiger partial charge in [-0.2, -0.15) is 0 Å². The van der Waals surface area contributed by atoms with Crippen LogP contribution in [-0.2, 0) is 28.6 Å². The van der Waals surface area contributed by atoms with Crippen molar-refractivity contribution in [3.05, 3.63) is 0 Å². The van der Waals surface area contributed by atoms with Gasteiger partial charge in [-0.1, -0.05) is 0 Å². The van der Waals surface area contributed by atoms with Crippen molar-refractivity contribution in [2.75, 3.05) is 39.5 Å². The van der Waals surface area contributed by atoms with E-state index in [2.05, 4.69) is 10.6 Å². The Kier molecular flexibility index (Phi) is 15.9. The Morgan fingerprint density at radius 2 is 1.25 bits per heavy atom. The Bertz CT molecular complexity index is 550. The number of carbonyl (C=O) groups excluding carboxylic acids is 2. The zero-order chi connectivity index (χ0) is 24.4. The van der Waals surface area contributed by atoms with Crippen LogP contribution in [-0.4, -0.2) is 79.3 Å². The first-order valence-corrected chi connectivity index (χ1v) is 10.8. The van der Waals surface area contributed by atoms with Crippen LogP contribution in [0.25, 0.3) is 0 Å². The molecule has 0 aromatic heterocycles. The molecule has 2 amide bonds. The molecule has 32 heavy (non-hydrogen) atoms. The Morgan fingerprint density at radius 1 is 0.781 bits per heavy atom. The van der Waals surface area contributed by atoms with Crippen LogP contribution < -0.4 is 10.6 Å². The highest BCUT2D eigenvalue weighted by atomic mass is 16.6. The number of hydrogen-bond donors (Lipinski definition) is 4. The topological polar surface area (TPSA) is 160 Å². The van der Waals surface area contributed by atoms with E-state index in [4.69, 9.17) is 24.4 Å². The minimum atomic E-state index is -0.862. The number of amides is 2. The molecular formula is C21H38N2O9. The zero-order valence-corrected chi connectivity index (χ0v) is 19.3. The molecule has 0 aliphatic rings. The summed E-state index contributed by atoms with van der Waals surface area (Å²) in [6.07, 6.45) is 1.67. The lowest BCUT2D eigenvalue weighted by Crippen LogP contribution is -2.41. The minimum absolute atomic E-state index is 0.0668. The molecule has 0 saturated carbocycles. The van der Waals surface area contributed by atoms with E-state index in [0.29, 0.717) is 38.9 Å². The van der Waals surface area contributed by atoms with E-state index in [1.165, 1.54) is 0 Å². The zero-order valence-electron chi connectivity index (χ0n) is 19.3. The minimum Gasteiger partial charge on any atom is -0.481 e. The molecule has 0 rings (SSSR count). The summed E-state index contributed by atoms with van der Waals surface area (Å²) in [5, 5.41) is 22.5. The van der Waals surface area contributed by atoms with Crippen LogP contribution in [0.5, 0.6) is 0 Å². The van der Waals surface area contributed by atoms with Gasteiger partial charge in [0.2, 0.25) is 5.91 Å². The average Bonchev–Trinajstić information content (AvgIpc) is 2.66. The third-order valence-electron chi connectivity index (χ3n) is 3.96. The number of carboxylic acids is 2. The third-order valence-corrected chi connectivity index (χ3v) is 3.96. The van der Waals surface area contributed by atoms with Crippen molar-refractivity contribution in [3.63, 3.8) is 0 Å². The van der Waals surface area contributed by atoms with Crippen LogP contribution in [0.4, 0.5) is 4.79 Å². The first-order chi connectivity index (χ1) is 15.0. The summed E-state index contributed by atoms with van der Waals surface area (Å²) in [6, 6.07) is 0. The number of alkyl carbamates (subject to hydrolysis) is 1. The number of carboxylic acid groups (broad SMARTS) is 2. The standard InChI is InChI=1S/C21H38N2O9/c1-21(2,3)32-20(29)23-11-10-22-19(28)16(14-30-12-6-4-8-17(24)25)15-31-13-7-5-9-18(26)27/h16H,4-15H2,1-3H3,(H,22,28)(H,23,29)(H,24,25)(H,26,27). The summed E-state index contributed by atoms with van der Waals surface area (Å²) in [7, 11) is 0. The summed E-state index contributed by atoms with van der Waals surface area (Å²) < 4.78 is 16.1. The van der Waals surface area contributed by atoms with Crippen LogP contribution in [0.2, 0.25) is 0 Å². The van der Waals surface area contributed by atoms with Crippen LogP contribution in [0.15, 0.2) is 0 Å². The Balaban J connectivity index is 4.31. The highest BCUT2D eigenvalue weighted by Gasteiger charge is 2.20. The highest BCUT2D eigenvalue weighted by molar-refractivity contribution is 5.79. The molecule has 0 aromatic carbocycles. The van der Waals surface area contributed by atoms with Gasteiger partial charge in [0.05, 0.1) is 19.1 Å². The summed E-state index contributed by atoms with van der Waals surface area (Å²) >= 11 is 0. The predicted molar refractivity (Wildman–Crippen MR) is 115 cm³/mol. The molecule has 0 bridgehead atoms. The Hall–Kier alpha value is -2.40. The van der Waals surface area contributed by atoms with Crippen molar-refractivity contribution >= 4 is 23.9 Å². The molecule has 0 radical (unpaired) electrons. The van der Waals surface area contributed by atoms with Gasteiger partial charge >= 0.3 is 18.0 Å². The summed E-state index contributed by atoms with van der Waals surface area (Å²) in [5.74, 6) is -2.61. The van der Waals surface area contributed by atoms with E-state index < -0.39 is 29.6 Å². The Morgan fingerprint density at radius 3 is 1.69 bits per heavy atom. The number of rotatable bonds is 18. The SMILES string of the molecule is CC(C)(C)OC(=O)NCCNC(=O)C(COCCCCC(=O)O)COCCCCC(=O)O. The summed E-state index contributed by atoms with van der Waals surface area (Å²) in [6.45, 7) is 6.52. The molecule has 0 aliphatic carbocycles. The summed E-state index contributed by atoms with van der Waals surface area (Å²) in [5.41, 5.74) is -0.609. The van der Waals surface area contributed by atoms with E-state index in [1.54, 1.807) is 20.8 Å². The molecule has 0 aromatic rings. The van der Waals surface area contributed by atoms with E-state index in [0.717, 1.165) is 0 Å². The van der Waals surface area contributed by atoms with Crippen LogP contribution >= 0.6 is 0 Å². The molecule has 0 heterocycles. The molecule has 0 fully saturated rings. The number of nitrogens with one attached hydrogen (secondary N) is 2. The van der Waals surface area contributed by atoms with Gasteiger partial charge in [0, 0.05) is 39.1 Å². The maximum Gasteiger partial charge on any atom is 0.407 e. The normalized spacial score (nSPS) is 11.2. The molecule has 186 valence electrons. The molecular weight excluding hydrogens is 424 g/mol. The number of carbonyl (C=O) groups is 4. The first kappa shape index (κ1) is 29.6. The van der Waals surface area contributed by atoms with Crippen molar-refractivity contribution < 1.29 is 43.6 Å². The lowest BCUT2D eigenvalue weighted by Gasteiger charge is -2.20. The third kappa shape index (κ3) is 19.6. The molecule has 0 unspecified atom stereocenters. The number of aliphatic carboxylic acids is 2. The molecule has 11 heteroatoms. The second kappa shape index (κ2) is 17.2. The molecule has 0 saturated heterocycles. The predicted octanol–water partition coefficient (Wildman–Crippen LogP) is 1.79. The van der Waals surface area contributed by atoms with E-state index in [-0.39, 0.29) is 45.1 Å². The maximum atomic E-state index is 12.5. The number of ether oxygens (including phenoxy) is 3. The van der Waals surface area contributed by atoms with Crippen molar-refractivity contribution in [2.45, 2.75) is 64.9 Å². The van der Waals surface area contributed by atoms with Gasteiger partial charge in [0.25, 0.3) is 0 Å². The van der Waals surface area contributed by atoms with Crippen LogP contribution in [0, 0.1) is 5.92 Å². The molecule has 0 spiro atoms. The lowest BCUT2D eigenvalue weighted by molar-refractivity contribution is -0.138. The molecule has 11 nitrogen and oxygen atoms in total. The first-order valence-electron chi connectivity index (χ1n) is 10.8. The van der Waals surface area contributed by atoms with Crippen LogP contribution in [0.1, 0.15) is 59.3 Å². The molecule has 0 atom stereocenters. The van der Waals surface area contributed by atoms with Gasteiger partial charge in [0.1, 0.15) is 5.60 Å². The van der Waals surface area contributed by atoms with Crippen LogP contribution in [0.3, 0.4) is 0 Å². The molecule has 4 N–H and O–H groups in total. The second-order valence-corrected chi connectivity index (χ2v) is 8.27. The number of unbranched alkanes of at least 4 members (excludes halogenated alkanes) is 2. The summed E-state index contributed by atoms with van der Waals surface area (Å²) in [4.78, 5) is 45.1. The lowest BCUT2D eigenvalue weighted by atomic mass is 10.1. The van der Waals surface area contributed by atoms with Gasteiger partial charge in [-0.3, -0.25) is 14.4 Å². The van der Waals surface area contributed by atoms with Crippen molar-refractivity contribution in [3.8, 4) is 0 Å². The smallest absolute Gasteiger partial charge is 0.407 e. The number of hydrogen-bond acceptors (Lipinski definition) is 7. The quantitative estimate of drug-likeness (QED) is 0.223. The van der Waals surface area contributed by atoms with E-state index >= 15 is 0 Å². The second-order valence-electron chi connectivity index (χ2n) is 8.27. The highest BCUT2D eigenvalue weighted by Crippen LogP contribution is 2.06. The van der Waals surface area contributed by atoms with E-state index in [9.17, 15) is 19.2 Å². The van der Waals surface area contributed by atoms with Gasteiger partial charge < -0.3 is 35.1 Å². The van der Waals surface area contributed by atoms with Gasteiger partial charge in [-0.15, -0.1) is 0 Å². The van der Waals surface area contributed by atoms with Gasteiger partial charge in [0.15, 0.2) is 0 Å². The van der Waals surface area contributed by atoms with Crippen molar-refractivity contribution in [1.29, 1.82) is 0 Å². The fraction of sp³-hybridized carbons (Fsp3) is 0.810. The van der Waals surface area contributed by atoms with Crippen molar-refractivity contribution in [1.82, 2.24) is 10.6 Å². The van der Waals surface area contributed by atoms with E-state index in [1.807, 2.05) is 0 Å². The fourth-order valence-electron chi connectivity index (χ4n) is 2.42. The van der Waals surface area contributed by atoms with Gasteiger partial charge in [-0.25, -0.2) is 4.79 Å². The maximum absolute atomic E-state index is 12.5. The average molecular weight is 463 g/mol.